The molecule has 100 valence electrons. The number of phenolic OH excluding ortho intramolecular Hbond substituents is 1. The van der Waals surface area contributed by atoms with E-state index in [0.29, 0.717) is 15.0 Å². The first-order chi connectivity index (χ1) is 9.65. The number of carbonyl (C=O) groups is 1. The highest BCUT2D eigenvalue weighted by Crippen LogP contribution is 2.41. The molecule has 4 nitrogen and oxygen atoms in total. The number of benzene rings is 1. The molecule has 1 unspecified atom stereocenters. The van der Waals surface area contributed by atoms with E-state index in [2.05, 4.69) is 4.98 Å². The molecule has 0 aliphatic carbocycles. The number of rotatable bonds is 2. The van der Waals surface area contributed by atoms with Crippen LogP contribution in [0.5, 0.6) is 5.75 Å². The van der Waals surface area contributed by atoms with E-state index in [0.717, 1.165) is 17.3 Å². The Hall–Kier alpha value is -1.92. The van der Waals surface area contributed by atoms with Crippen molar-refractivity contribution in [2.45, 2.75) is 5.92 Å². The SMILES string of the molecule is N=C1SC(=Cc2cccc(O)c2)C(=O)C1c1nccs1. The van der Waals surface area contributed by atoms with Crippen LogP contribution in [0.25, 0.3) is 6.08 Å². The fourth-order valence-corrected chi connectivity index (χ4v) is 3.76. The van der Waals surface area contributed by atoms with Crippen molar-refractivity contribution in [3.8, 4) is 5.75 Å². The number of hydrogen-bond acceptors (Lipinski definition) is 6. The Morgan fingerprint density at radius 1 is 1.40 bits per heavy atom. The second-order valence-electron chi connectivity index (χ2n) is 4.24. The lowest BCUT2D eigenvalue weighted by molar-refractivity contribution is -0.114. The molecule has 0 bridgehead atoms. The number of hydrogen-bond donors (Lipinski definition) is 2. The summed E-state index contributed by atoms with van der Waals surface area (Å²) < 4.78 is 0. The monoisotopic (exact) mass is 302 g/mol. The van der Waals surface area contributed by atoms with Gasteiger partial charge in [0.2, 0.25) is 0 Å². The Morgan fingerprint density at radius 3 is 2.95 bits per heavy atom. The van der Waals surface area contributed by atoms with E-state index in [9.17, 15) is 9.90 Å². The summed E-state index contributed by atoms with van der Waals surface area (Å²) in [7, 11) is 0. The summed E-state index contributed by atoms with van der Waals surface area (Å²) in [6, 6.07) is 6.68. The van der Waals surface area contributed by atoms with E-state index in [4.69, 9.17) is 5.41 Å². The minimum absolute atomic E-state index is 0.0988. The molecule has 20 heavy (non-hydrogen) atoms. The normalized spacial score (nSPS) is 20.8. The van der Waals surface area contributed by atoms with Gasteiger partial charge >= 0.3 is 0 Å². The van der Waals surface area contributed by atoms with Crippen LogP contribution >= 0.6 is 23.1 Å². The first kappa shape index (κ1) is 13.1. The van der Waals surface area contributed by atoms with Gasteiger partial charge in [-0.3, -0.25) is 10.2 Å². The summed E-state index contributed by atoms with van der Waals surface area (Å²) in [5.41, 5.74) is 0.744. The molecule has 0 spiro atoms. The van der Waals surface area contributed by atoms with Crippen LogP contribution in [0.3, 0.4) is 0 Å². The number of phenols is 1. The van der Waals surface area contributed by atoms with Gasteiger partial charge in [0, 0.05) is 11.6 Å². The molecular weight excluding hydrogens is 292 g/mol. The fourth-order valence-electron chi connectivity index (χ4n) is 1.96. The number of nitrogens with one attached hydrogen (secondary N) is 1. The first-order valence-electron chi connectivity index (χ1n) is 5.86. The molecule has 2 heterocycles. The number of allylic oxidation sites excluding steroid dienone is 1. The highest BCUT2D eigenvalue weighted by molar-refractivity contribution is 8.19. The van der Waals surface area contributed by atoms with Gasteiger partial charge in [0.1, 0.15) is 16.7 Å². The largest absolute Gasteiger partial charge is 0.508 e. The zero-order valence-electron chi connectivity index (χ0n) is 10.2. The zero-order valence-corrected chi connectivity index (χ0v) is 11.9. The molecule has 1 atom stereocenters. The zero-order chi connectivity index (χ0) is 14.1. The maximum Gasteiger partial charge on any atom is 0.186 e. The van der Waals surface area contributed by atoms with Gasteiger partial charge in [-0.1, -0.05) is 23.9 Å². The number of aromatic hydroxyl groups is 1. The van der Waals surface area contributed by atoms with Crippen molar-refractivity contribution in [3.63, 3.8) is 0 Å². The minimum atomic E-state index is -0.566. The summed E-state index contributed by atoms with van der Waals surface area (Å²) >= 11 is 2.55. The van der Waals surface area contributed by atoms with E-state index >= 15 is 0 Å². The van der Waals surface area contributed by atoms with Crippen LogP contribution in [0.15, 0.2) is 40.7 Å². The third-order valence-electron chi connectivity index (χ3n) is 2.85. The molecule has 1 aromatic carbocycles. The third-order valence-corrected chi connectivity index (χ3v) is 4.69. The van der Waals surface area contributed by atoms with Crippen molar-refractivity contribution >= 4 is 40.0 Å². The lowest BCUT2D eigenvalue weighted by atomic mass is 10.1. The van der Waals surface area contributed by atoms with Crippen molar-refractivity contribution in [1.29, 1.82) is 5.41 Å². The van der Waals surface area contributed by atoms with Gasteiger partial charge in [-0.2, -0.15) is 0 Å². The first-order valence-corrected chi connectivity index (χ1v) is 7.55. The molecule has 1 aliphatic rings. The van der Waals surface area contributed by atoms with Crippen molar-refractivity contribution in [3.05, 3.63) is 51.3 Å². The number of Topliss-reactive ketones (excluding diaryl/α,β-unsaturated/α-hetero) is 1. The standard InChI is InChI=1S/C14H10N2O2S2/c15-13-11(14-16-4-5-19-14)12(18)10(20-13)7-8-2-1-3-9(17)6-8/h1-7,11,15,17H. The number of carbonyl (C=O) groups excluding carboxylic acids is 1. The van der Waals surface area contributed by atoms with E-state index in [1.807, 2.05) is 0 Å². The van der Waals surface area contributed by atoms with Gasteiger partial charge in [0.25, 0.3) is 0 Å². The lowest BCUT2D eigenvalue weighted by Gasteiger charge is -2.01. The Bertz CT molecular complexity index is 708. The molecule has 6 heteroatoms. The van der Waals surface area contributed by atoms with E-state index < -0.39 is 5.92 Å². The molecule has 1 aliphatic heterocycles. The Morgan fingerprint density at radius 2 is 2.25 bits per heavy atom. The smallest absolute Gasteiger partial charge is 0.186 e. The molecule has 1 fully saturated rings. The molecule has 2 aromatic rings. The van der Waals surface area contributed by atoms with Gasteiger partial charge in [0.15, 0.2) is 5.78 Å². The maximum absolute atomic E-state index is 12.4. The summed E-state index contributed by atoms with van der Waals surface area (Å²) in [5, 5.41) is 20.2. The summed E-state index contributed by atoms with van der Waals surface area (Å²) in [4.78, 5) is 17.0. The van der Waals surface area contributed by atoms with Crippen LogP contribution in [0.1, 0.15) is 16.5 Å². The summed E-state index contributed by atoms with van der Waals surface area (Å²) in [5.74, 6) is -0.511. The molecular formula is C14H10N2O2S2. The Balaban J connectivity index is 1.94. The number of aromatic nitrogens is 1. The average Bonchev–Trinajstić information content (AvgIpc) is 2.99. The van der Waals surface area contributed by atoms with Crippen LogP contribution in [0, 0.1) is 5.41 Å². The highest BCUT2D eigenvalue weighted by atomic mass is 32.2. The van der Waals surface area contributed by atoms with Crippen LogP contribution < -0.4 is 0 Å². The van der Waals surface area contributed by atoms with Gasteiger partial charge in [-0.25, -0.2) is 4.98 Å². The highest BCUT2D eigenvalue weighted by Gasteiger charge is 2.38. The minimum Gasteiger partial charge on any atom is -0.508 e. The second kappa shape index (κ2) is 5.22. The average molecular weight is 302 g/mol. The fraction of sp³-hybridized carbons (Fsp3) is 0.0714. The van der Waals surface area contributed by atoms with Crippen LogP contribution in [0.2, 0.25) is 0 Å². The van der Waals surface area contributed by atoms with Gasteiger partial charge in [-0.15, -0.1) is 11.3 Å². The van der Waals surface area contributed by atoms with E-state index in [1.54, 1.807) is 41.9 Å². The topological polar surface area (TPSA) is 74.0 Å². The molecule has 3 rings (SSSR count). The lowest BCUT2D eigenvalue weighted by Crippen LogP contribution is -2.11. The number of thiazole rings is 1. The van der Waals surface area contributed by atoms with E-state index in [1.165, 1.54) is 11.3 Å². The van der Waals surface area contributed by atoms with Gasteiger partial charge < -0.3 is 5.11 Å². The van der Waals surface area contributed by atoms with Crippen LogP contribution in [-0.2, 0) is 4.79 Å². The third kappa shape index (κ3) is 2.39. The van der Waals surface area contributed by atoms with Crippen molar-refractivity contribution in [1.82, 2.24) is 4.98 Å². The quantitative estimate of drug-likeness (QED) is 0.835. The molecule has 1 saturated heterocycles. The summed E-state index contributed by atoms with van der Waals surface area (Å²) in [6.07, 6.45) is 3.34. The van der Waals surface area contributed by atoms with Crippen molar-refractivity contribution < 1.29 is 9.90 Å². The summed E-state index contributed by atoms with van der Waals surface area (Å²) in [6.45, 7) is 0. The van der Waals surface area contributed by atoms with Crippen LogP contribution in [0.4, 0.5) is 0 Å². The molecule has 0 saturated carbocycles. The van der Waals surface area contributed by atoms with Crippen molar-refractivity contribution in [2.75, 3.05) is 0 Å². The predicted octanol–water partition coefficient (Wildman–Crippen LogP) is 3.27. The van der Waals surface area contributed by atoms with Gasteiger partial charge in [0.05, 0.1) is 9.95 Å². The van der Waals surface area contributed by atoms with Gasteiger partial charge in [-0.05, 0) is 23.8 Å². The number of thioether (sulfide) groups is 1. The van der Waals surface area contributed by atoms with E-state index in [-0.39, 0.29) is 11.5 Å². The maximum atomic E-state index is 12.4. The van der Waals surface area contributed by atoms with Crippen LogP contribution in [-0.4, -0.2) is 20.9 Å². The molecule has 0 radical (unpaired) electrons. The molecule has 1 aromatic heterocycles. The Labute approximate surface area is 123 Å². The number of nitrogens with zero attached hydrogens (tertiary/aromatic N) is 1. The molecule has 2 N–H and O–H groups in total. The number of ketones is 1. The van der Waals surface area contributed by atoms with Crippen molar-refractivity contribution in [2.24, 2.45) is 0 Å². The molecule has 0 amide bonds. The predicted molar refractivity (Wildman–Crippen MR) is 81.3 cm³/mol. The second-order valence-corrected chi connectivity index (χ2v) is 6.25. The Kier molecular flexibility index (Phi) is 3.42.